The molecule has 0 radical (unpaired) electrons. The Morgan fingerprint density at radius 2 is 2.00 bits per heavy atom. The van der Waals surface area contributed by atoms with Crippen molar-refractivity contribution in [2.45, 2.75) is 18.7 Å². The zero-order valence-electron chi connectivity index (χ0n) is 9.50. The van der Waals surface area contributed by atoms with Gasteiger partial charge < -0.3 is 5.32 Å². The van der Waals surface area contributed by atoms with Gasteiger partial charge in [0.15, 0.2) is 0 Å². The molecule has 1 amide bonds. The first kappa shape index (κ1) is 13.6. The maximum atomic E-state index is 11.4. The van der Waals surface area contributed by atoms with Gasteiger partial charge in [0, 0.05) is 15.9 Å². The fourth-order valence-electron chi connectivity index (χ4n) is 1.05. The molecule has 0 atom stereocenters. The van der Waals surface area contributed by atoms with E-state index < -0.39 is 0 Å². The topological polar surface area (TPSA) is 29.1 Å². The molecular formula is C12H16BrNOS. The summed E-state index contributed by atoms with van der Waals surface area (Å²) in [5.74, 6) is 1.08. The van der Waals surface area contributed by atoms with E-state index in [1.54, 1.807) is 11.8 Å². The number of hydrogen-bond donors (Lipinski definition) is 1. The normalized spacial score (nSPS) is 10.5. The monoisotopic (exact) mass is 301 g/mol. The maximum Gasteiger partial charge on any atom is 0.230 e. The molecule has 1 rings (SSSR count). The van der Waals surface area contributed by atoms with E-state index >= 15 is 0 Å². The van der Waals surface area contributed by atoms with E-state index in [-0.39, 0.29) is 5.91 Å². The van der Waals surface area contributed by atoms with E-state index in [0.717, 1.165) is 15.9 Å². The van der Waals surface area contributed by atoms with Crippen LogP contribution >= 0.6 is 27.7 Å². The minimum Gasteiger partial charge on any atom is -0.355 e. The Balaban J connectivity index is 2.29. The van der Waals surface area contributed by atoms with Gasteiger partial charge >= 0.3 is 0 Å². The first-order valence-electron chi connectivity index (χ1n) is 5.23. The molecule has 0 spiro atoms. The third-order valence-electron chi connectivity index (χ3n) is 1.89. The minimum atomic E-state index is 0.0987. The van der Waals surface area contributed by atoms with Crippen LogP contribution < -0.4 is 5.32 Å². The molecule has 88 valence electrons. The quantitative estimate of drug-likeness (QED) is 0.846. The second-order valence-electron chi connectivity index (χ2n) is 3.94. The lowest BCUT2D eigenvalue weighted by molar-refractivity contribution is -0.118. The summed E-state index contributed by atoms with van der Waals surface area (Å²) < 4.78 is 1.06. The lowest BCUT2D eigenvalue weighted by Crippen LogP contribution is -2.28. The van der Waals surface area contributed by atoms with Crippen molar-refractivity contribution < 1.29 is 4.79 Å². The van der Waals surface area contributed by atoms with Crippen LogP contribution in [-0.2, 0) is 4.79 Å². The Morgan fingerprint density at radius 1 is 1.38 bits per heavy atom. The summed E-state index contributed by atoms with van der Waals surface area (Å²) in [7, 11) is 0. The second-order valence-corrected chi connectivity index (χ2v) is 5.90. The fourth-order valence-corrected chi connectivity index (χ4v) is 2.04. The number of benzene rings is 1. The molecule has 0 aromatic heterocycles. The first-order chi connectivity index (χ1) is 7.58. The summed E-state index contributed by atoms with van der Waals surface area (Å²) in [6, 6.07) is 7.97. The second kappa shape index (κ2) is 6.97. The molecule has 2 nitrogen and oxygen atoms in total. The highest BCUT2D eigenvalue weighted by molar-refractivity contribution is 9.10. The van der Waals surface area contributed by atoms with Gasteiger partial charge in [-0.25, -0.2) is 0 Å². The Hall–Kier alpha value is -0.480. The zero-order chi connectivity index (χ0) is 12.0. The smallest absolute Gasteiger partial charge is 0.230 e. The number of thioether (sulfide) groups is 1. The standard InChI is InChI=1S/C12H16BrNOS/c1-9(2)7-14-12(15)8-16-11-5-3-10(13)4-6-11/h3-6,9H,7-8H2,1-2H3,(H,14,15). The molecule has 1 N–H and O–H groups in total. The molecule has 16 heavy (non-hydrogen) atoms. The number of hydrogen-bond acceptors (Lipinski definition) is 2. The highest BCUT2D eigenvalue weighted by atomic mass is 79.9. The van der Waals surface area contributed by atoms with E-state index in [0.29, 0.717) is 11.7 Å². The Morgan fingerprint density at radius 3 is 2.56 bits per heavy atom. The fraction of sp³-hybridized carbons (Fsp3) is 0.417. The molecule has 0 saturated heterocycles. The van der Waals surface area contributed by atoms with Gasteiger partial charge in [-0.2, -0.15) is 0 Å². The maximum absolute atomic E-state index is 11.4. The predicted molar refractivity (Wildman–Crippen MR) is 72.7 cm³/mol. The first-order valence-corrected chi connectivity index (χ1v) is 7.01. The van der Waals surface area contributed by atoms with Gasteiger partial charge in [-0.1, -0.05) is 29.8 Å². The molecule has 4 heteroatoms. The lowest BCUT2D eigenvalue weighted by atomic mass is 10.2. The van der Waals surface area contributed by atoms with Crippen molar-refractivity contribution in [3.63, 3.8) is 0 Å². The van der Waals surface area contributed by atoms with E-state index in [9.17, 15) is 4.79 Å². The summed E-state index contributed by atoms with van der Waals surface area (Å²) in [5.41, 5.74) is 0. The van der Waals surface area contributed by atoms with E-state index in [1.165, 1.54) is 0 Å². The zero-order valence-corrected chi connectivity index (χ0v) is 11.9. The van der Waals surface area contributed by atoms with Crippen molar-refractivity contribution in [2.75, 3.05) is 12.3 Å². The molecule has 0 unspecified atom stereocenters. The van der Waals surface area contributed by atoms with Crippen molar-refractivity contribution >= 4 is 33.6 Å². The molecule has 0 bridgehead atoms. The SMILES string of the molecule is CC(C)CNC(=O)CSc1ccc(Br)cc1. The molecule has 0 heterocycles. The van der Waals surface area contributed by atoms with Crippen LogP contribution in [0.4, 0.5) is 0 Å². The average Bonchev–Trinajstić information content (AvgIpc) is 2.25. The summed E-state index contributed by atoms with van der Waals surface area (Å²) in [6.07, 6.45) is 0. The van der Waals surface area contributed by atoms with Crippen LogP contribution in [0.5, 0.6) is 0 Å². The predicted octanol–water partition coefficient (Wildman–Crippen LogP) is 3.31. The highest BCUT2D eigenvalue weighted by Crippen LogP contribution is 2.20. The number of nitrogens with one attached hydrogen (secondary N) is 1. The Bertz CT molecular complexity index is 337. The third kappa shape index (κ3) is 5.56. The van der Waals surface area contributed by atoms with Crippen molar-refractivity contribution in [3.05, 3.63) is 28.7 Å². The Labute approximate surface area is 109 Å². The van der Waals surface area contributed by atoms with Crippen LogP contribution in [-0.4, -0.2) is 18.2 Å². The summed E-state index contributed by atoms with van der Waals surface area (Å²) in [5, 5.41) is 2.89. The number of halogens is 1. The van der Waals surface area contributed by atoms with Crippen LogP contribution in [0, 0.1) is 5.92 Å². The van der Waals surface area contributed by atoms with E-state index in [4.69, 9.17) is 0 Å². The third-order valence-corrected chi connectivity index (χ3v) is 3.43. The molecule has 0 aliphatic rings. The number of carbonyl (C=O) groups is 1. The van der Waals surface area contributed by atoms with E-state index in [1.807, 2.05) is 24.3 Å². The summed E-state index contributed by atoms with van der Waals surface area (Å²) in [6.45, 7) is 4.92. The van der Waals surface area contributed by atoms with Crippen LogP contribution in [0.25, 0.3) is 0 Å². The van der Waals surface area contributed by atoms with Crippen molar-refractivity contribution in [1.29, 1.82) is 0 Å². The van der Waals surface area contributed by atoms with Gasteiger partial charge in [0.25, 0.3) is 0 Å². The van der Waals surface area contributed by atoms with Crippen LogP contribution in [0.2, 0.25) is 0 Å². The van der Waals surface area contributed by atoms with Gasteiger partial charge in [-0.15, -0.1) is 11.8 Å². The number of rotatable bonds is 5. The van der Waals surface area contributed by atoms with Crippen molar-refractivity contribution in [3.8, 4) is 0 Å². The van der Waals surface area contributed by atoms with Crippen LogP contribution in [0.1, 0.15) is 13.8 Å². The van der Waals surface area contributed by atoms with Gasteiger partial charge in [0.2, 0.25) is 5.91 Å². The lowest BCUT2D eigenvalue weighted by Gasteiger charge is -2.07. The van der Waals surface area contributed by atoms with Crippen molar-refractivity contribution in [2.24, 2.45) is 5.92 Å². The molecule has 0 saturated carbocycles. The molecular weight excluding hydrogens is 286 g/mol. The molecule has 0 aliphatic carbocycles. The molecule has 0 aliphatic heterocycles. The van der Waals surface area contributed by atoms with Gasteiger partial charge in [0.1, 0.15) is 0 Å². The minimum absolute atomic E-state index is 0.0987. The van der Waals surface area contributed by atoms with E-state index in [2.05, 4.69) is 35.1 Å². The molecule has 1 aromatic rings. The largest absolute Gasteiger partial charge is 0.355 e. The highest BCUT2D eigenvalue weighted by Gasteiger charge is 2.03. The van der Waals surface area contributed by atoms with Gasteiger partial charge in [-0.05, 0) is 30.2 Å². The van der Waals surface area contributed by atoms with Crippen LogP contribution in [0.3, 0.4) is 0 Å². The molecule has 1 aromatic carbocycles. The van der Waals surface area contributed by atoms with Crippen LogP contribution in [0.15, 0.2) is 33.6 Å². The Kier molecular flexibility index (Phi) is 5.91. The van der Waals surface area contributed by atoms with Gasteiger partial charge in [-0.3, -0.25) is 4.79 Å². The van der Waals surface area contributed by atoms with Crippen molar-refractivity contribution in [1.82, 2.24) is 5.32 Å². The molecule has 0 fully saturated rings. The number of carbonyl (C=O) groups excluding carboxylic acids is 1. The average molecular weight is 302 g/mol. The summed E-state index contributed by atoms with van der Waals surface area (Å²) in [4.78, 5) is 12.6. The number of amides is 1. The van der Waals surface area contributed by atoms with Gasteiger partial charge in [0.05, 0.1) is 5.75 Å². The summed E-state index contributed by atoms with van der Waals surface area (Å²) >= 11 is 4.93.